The van der Waals surface area contributed by atoms with Gasteiger partial charge in [-0.3, -0.25) is 14.9 Å². The van der Waals surface area contributed by atoms with Crippen LogP contribution in [0.25, 0.3) is 0 Å². The van der Waals surface area contributed by atoms with Crippen molar-refractivity contribution in [2.75, 3.05) is 26.7 Å². The van der Waals surface area contributed by atoms with Gasteiger partial charge in [-0.1, -0.05) is 26.0 Å². The molecule has 0 saturated heterocycles. The Morgan fingerprint density at radius 3 is 2.43 bits per heavy atom. The summed E-state index contributed by atoms with van der Waals surface area (Å²) in [5.41, 5.74) is -1.24. The van der Waals surface area contributed by atoms with E-state index in [4.69, 9.17) is 0 Å². The maximum Gasteiger partial charge on any atom is 0.166 e. The highest BCUT2D eigenvalue weighted by molar-refractivity contribution is 5.93. The highest BCUT2D eigenvalue weighted by Gasteiger charge is 2.37. The highest BCUT2D eigenvalue weighted by Crippen LogP contribution is 2.22. The van der Waals surface area contributed by atoms with Crippen LogP contribution in [0.2, 0.25) is 0 Å². The van der Waals surface area contributed by atoms with Gasteiger partial charge in [0.15, 0.2) is 11.6 Å². The number of nitrogens with one attached hydrogen (secondary N) is 2. The summed E-state index contributed by atoms with van der Waals surface area (Å²) in [6.07, 6.45) is 8.79. The van der Waals surface area contributed by atoms with Crippen LogP contribution in [0, 0.1) is 5.92 Å². The molecule has 1 rings (SSSR count). The van der Waals surface area contributed by atoms with Crippen molar-refractivity contribution in [1.29, 1.82) is 0 Å². The summed E-state index contributed by atoms with van der Waals surface area (Å²) in [7, 11) is 2.12. The average Bonchev–Trinajstić information content (AvgIpc) is 2.60. The molecule has 1 aliphatic heterocycles. The van der Waals surface area contributed by atoms with E-state index in [0.29, 0.717) is 0 Å². The van der Waals surface area contributed by atoms with Gasteiger partial charge in [0.1, 0.15) is 0 Å². The quantitative estimate of drug-likeness (QED) is 0.718. The van der Waals surface area contributed by atoms with Crippen LogP contribution in [-0.2, 0) is 9.59 Å². The molecule has 0 unspecified atom stereocenters. The second-order valence-corrected chi connectivity index (χ2v) is 9.49. The van der Waals surface area contributed by atoms with Gasteiger partial charge in [-0.15, -0.1) is 0 Å². The summed E-state index contributed by atoms with van der Waals surface area (Å²) in [6, 6.07) is 0.223. The van der Waals surface area contributed by atoms with Gasteiger partial charge in [0, 0.05) is 18.5 Å². The first-order chi connectivity index (χ1) is 13.0. The molecule has 0 amide bonds. The van der Waals surface area contributed by atoms with Crippen LogP contribution in [0.4, 0.5) is 0 Å². The second-order valence-electron chi connectivity index (χ2n) is 9.49. The predicted octanol–water partition coefficient (Wildman–Crippen LogP) is 3.34. The maximum atomic E-state index is 13.2. The molecular weight excluding hydrogens is 350 g/mol. The fraction of sp³-hybridized carbons (Fsp3) is 0.826. The Labute approximate surface area is 172 Å². The Morgan fingerprint density at radius 1 is 1.14 bits per heavy atom. The Balaban J connectivity index is 3.06. The molecule has 2 atom stereocenters. The number of carbonyl (C=O) groups is 2. The molecule has 5 nitrogen and oxygen atoms in total. The average molecular weight is 394 g/mol. The third kappa shape index (κ3) is 7.76. The van der Waals surface area contributed by atoms with E-state index in [0.717, 1.165) is 45.2 Å². The molecule has 0 fully saturated rings. The number of Topliss-reactive ketones (excluding diaryl/α,β-unsaturated/α-hetero) is 2. The lowest BCUT2D eigenvalue weighted by atomic mass is 9.83. The van der Waals surface area contributed by atoms with Crippen LogP contribution in [0.1, 0.15) is 73.6 Å². The predicted molar refractivity (Wildman–Crippen MR) is 118 cm³/mol. The van der Waals surface area contributed by atoms with Gasteiger partial charge in [0.2, 0.25) is 0 Å². The molecule has 162 valence electrons. The molecule has 0 saturated carbocycles. The molecular formula is C23H43N3O2. The molecule has 0 aromatic rings. The zero-order chi connectivity index (χ0) is 21.4. The molecule has 5 heteroatoms. The highest BCUT2D eigenvalue weighted by atomic mass is 16.1. The second kappa shape index (κ2) is 11.2. The van der Waals surface area contributed by atoms with E-state index in [1.54, 1.807) is 0 Å². The van der Waals surface area contributed by atoms with Crippen LogP contribution in [0.15, 0.2) is 12.2 Å². The lowest BCUT2D eigenvalue weighted by molar-refractivity contribution is -0.129. The number of hydrogen-bond acceptors (Lipinski definition) is 5. The van der Waals surface area contributed by atoms with Crippen LogP contribution in [0.5, 0.6) is 0 Å². The van der Waals surface area contributed by atoms with Crippen molar-refractivity contribution in [3.63, 3.8) is 0 Å². The minimum Gasteiger partial charge on any atom is -0.303 e. The van der Waals surface area contributed by atoms with Gasteiger partial charge in [-0.2, -0.15) is 0 Å². The first-order valence-corrected chi connectivity index (χ1v) is 10.9. The van der Waals surface area contributed by atoms with Crippen molar-refractivity contribution < 1.29 is 9.59 Å². The molecule has 0 aliphatic carbocycles. The fourth-order valence-electron chi connectivity index (χ4n) is 4.08. The van der Waals surface area contributed by atoms with Gasteiger partial charge >= 0.3 is 0 Å². The van der Waals surface area contributed by atoms with Crippen molar-refractivity contribution in [2.45, 2.75) is 90.8 Å². The van der Waals surface area contributed by atoms with Crippen LogP contribution in [-0.4, -0.2) is 60.3 Å². The molecule has 1 aliphatic rings. The topological polar surface area (TPSA) is 61.4 Å². The Morgan fingerprint density at radius 2 is 1.82 bits per heavy atom. The van der Waals surface area contributed by atoms with E-state index in [9.17, 15) is 9.59 Å². The SMILES string of the molecule is CC(C)N[C@@]1(C)CCCN(C)CC=CCCC[C@@](C)(C(=O)C(C)C)NCC1=O. The van der Waals surface area contributed by atoms with E-state index in [1.807, 2.05) is 27.7 Å². The molecule has 1 heterocycles. The first kappa shape index (κ1) is 25.0. The minimum absolute atomic E-state index is 0.0564. The largest absolute Gasteiger partial charge is 0.303 e. The molecule has 0 radical (unpaired) electrons. The van der Waals surface area contributed by atoms with Gasteiger partial charge in [0.25, 0.3) is 0 Å². The van der Waals surface area contributed by atoms with Crippen molar-refractivity contribution in [3.05, 3.63) is 12.2 Å². The van der Waals surface area contributed by atoms with Crippen molar-refractivity contribution in [1.82, 2.24) is 15.5 Å². The Bertz CT molecular complexity index is 544. The summed E-state index contributed by atoms with van der Waals surface area (Å²) < 4.78 is 0. The molecule has 28 heavy (non-hydrogen) atoms. The minimum atomic E-state index is -0.659. The van der Waals surface area contributed by atoms with Gasteiger partial charge in [-0.25, -0.2) is 0 Å². The molecule has 0 aromatic heterocycles. The third-order valence-electron chi connectivity index (χ3n) is 5.78. The van der Waals surface area contributed by atoms with E-state index in [2.05, 4.69) is 48.6 Å². The number of allylic oxidation sites excluding steroid dienone is 1. The third-order valence-corrected chi connectivity index (χ3v) is 5.78. The summed E-state index contributed by atoms with van der Waals surface area (Å²) in [5, 5.41) is 6.85. The van der Waals surface area contributed by atoms with Crippen LogP contribution >= 0.6 is 0 Å². The first-order valence-electron chi connectivity index (χ1n) is 10.9. The smallest absolute Gasteiger partial charge is 0.166 e. The number of nitrogens with zero attached hydrogens (tertiary/aromatic N) is 1. The summed E-state index contributed by atoms with van der Waals surface area (Å²) in [4.78, 5) is 28.4. The molecule has 0 spiro atoms. The fourth-order valence-corrected chi connectivity index (χ4v) is 4.08. The zero-order valence-electron chi connectivity index (χ0n) is 19.2. The van der Waals surface area contributed by atoms with Crippen molar-refractivity contribution in [2.24, 2.45) is 5.92 Å². The van der Waals surface area contributed by atoms with Crippen LogP contribution in [0.3, 0.4) is 0 Å². The van der Waals surface area contributed by atoms with Crippen molar-refractivity contribution >= 4 is 11.6 Å². The van der Waals surface area contributed by atoms with Gasteiger partial charge in [0.05, 0.1) is 17.6 Å². The Hall–Kier alpha value is -1.04. The lowest BCUT2D eigenvalue weighted by Gasteiger charge is -2.35. The summed E-state index contributed by atoms with van der Waals surface area (Å²) in [6.45, 7) is 14.1. The molecule has 0 bridgehead atoms. The van der Waals surface area contributed by atoms with Crippen LogP contribution < -0.4 is 10.6 Å². The standard InChI is InChI=1S/C23H43N3O2/c1-18(2)21(28)23(6)13-10-8-9-11-15-26(7)16-12-14-22(5,25-19(3)4)20(27)17-24-23/h9,11,18-19,24-25H,8,10,12-17H2,1-7H3/t22-,23-/m0/s1. The number of hydrogen-bond donors (Lipinski definition) is 2. The summed E-state index contributed by atoms with van der Waals surface area (Å²) in [5.74, 6) is 0.269. The Kier molecular flexibility index (Phi) is 10.0. The number of carbonyl (C=O) groups excluding carboxylic acids is 2. The lowest BCUT2D eigenvalue weighted by Crippen LogP contribution is -2.59. The van der Waals surface area contributed by atoms with Gasteiger partial charge < -0.3 is 10.2 Å². The summed E-state index contributed by atoms with van der Waals surface area (Å²) >= 11 is 0. The van der Waals surface area contributed by atoms with E-state index < -0.39 is 11.1 Å². The number of likely N-dealkylation sites (N-methyl/N-ethyl adjacent to an activating group) is 1. The maximum absolute atomic E-state index is 13.2. The van der Waals surface area contributed by atoms with Crippen molar-refractivity contribution in [3.8, 4) is 0 Å². The number of ketones is 2. The number of rotatable bonds is 4. The zero-order valence-corrected chi connectivity index (χ0v) is 19.2. The molecule has 2 N–H and O–H groups in total. The van der Waals surface area contributed by atoms with E-state index in [-0.39, 0.29) is 30.1 Å². The molecule has 0 aromatic carbocycles. The monoisotopic (exact) mass is 393 g/mol. The van der Waals surface area contributed by atoms with Gasteiger partial charge in [-0.05, 0) is 73.4 Å². The normalized spacial score (nSPS) is 29.7. The van der Waals surface area contributed by atoms with E-state index in [1.165, 1.54) is 0 Å². The van der Waals surface area contributed by atoms with E-state index >= 15 is 0 Å².